The second kappa shape index (κ2) is 6.28. The van der Waals surface area contributed by atoms with Crippen LogP contribution in [-0.2, 0) is 24.2 Å². The number of benzene rings is 1. The zero-order valence-electron chi connectivity index (χ0n) is 11.9. The first-order valence-electron chi connectivity index (χ1n) is 7.11. The third-order valence-corrected chi connectivity index (χ3v) is 4.54. The summed E-state index contributed by atoms with van der Waals surface area (Å²) in [6.45, 7) is 3.51. The molecule has 4 nitrogen and oxygen atoms in total. The van der Waals surface area contributed by atoms with Gasteiger partial charge in [-0.2, -0.15) is 0 Å². The summed E-state index contributed by atoms with van der Waals surface area (Å²) in [6, 6.07) is 9.73. The van der Waals surface area contributed by atoms with Crippen molar-refractivity contribution in [3.05, 3.63) is 46.3 Å². The Morgan fingerprint density at radius 3 is 3.05 bits per heavy atom. The molecule has 21 heavy (non-hydrogen) atoms. The third kappa shape index (κ3) is 3.43. The monoisotopic (exact) mass is 302 g/mol. The number of urea groups is 1. The number of hydrogen-bond acceptors (Lipinski definition) is 3. The summed E-state index contributed by atoms with van der Waals surface area (Å²) >= 11 is 1.58. The number of carbonyl (C=O) groups excluding carboxylic acids is 1. The highest BCUT2D eigenvalue weighted by molar-refractivity contribution is 7.16. The Morgan fingerprint density at radius 2 is 2.24 bits per heavy atom. The number of aryl methyl sites for hydroxylation is 1. The normalized spacial score (nSPS) is 13.6. The van der Waals surface area contributed by atoms with Gasteiger partial charge in [-0.15, -0.1) is 11.3 Å². The molecule has 5 heteroatoms. The summed E-state index contributed by atoms with van der Waals surface area (Å²) in [4.78, 5) is 13.3. The van der Waals surface area contributed by atoms with Crippen molar-refractivity contribution in [1.82, 2.24) is 0 Å². The molecule has 1 aliphatic rings. The maximum atomic E-state index is 12.0. The van der Waals surface area contributed by atoms with Crippen LogP contribution in [0.15, 0.2) is 30.3 Å². The predicted octanol–water partition coefficient (Wildman–Crippen LogP) is 4.03. The molecule has 0 aliphatic carbocycles. The molecule has 1 aromatic carbocycles. The van der Waals surface area contributed by atoms with E-state index in [4.69, 9.17) is 4.74 Å². The first-order valence-corrected chi connectivity index (χ1v) is 7.92. The summed E-state index contributed by atoms with van der Waals surface area (Å²) in [6.07, 6.45) is 1.88. The Bertz CT molecular complexity index is 628. The van der Waals surface area contributed by atoms with Crippen molar-refractivity contribution in [2.24, 2.45) is 0 Å². The minimum absolute atomic E-state index is 0.206. The van der Waals surface area contributed by atoms with Gasteiger partial charge in [-0.3, -0.25) is 5.32 Å². The molecule has 0 radical (unpaired) electrons. The topological polar surface area (TPSA) is 50.4 Å². The number of rotatable bonds is 3. The van der Waals surface area contributed by atoms with Gasteiger partial charge in [0.05, 0.1) is 18.2 Å². The second-order valence-electron chi connectivity index (χ2n) is 4.99. The van der Waals surface area contributed by atoms with Crippen molar-refractivity contribution in [3.63, 3.8) is 0 Å². The summed E-state index contributed by atoms with van der Waals surface area (Å²) in [5.74, 6) is 0. The predicted molar refractivity (Wildman–Crippen MR) is 86.1 cm³/mol. The van der Waals surface area contributed by atoms with Gasteiger partial charge in [-0.1, -0.05) is 19.1 Å². The van der Waals surface area contributed by atoms with Gasteiger partial charge in [0, 0.05) is 10.6 Å². The van der Waals surface area contributed by atoms with Crippen LogP contribution in [0, 0.1) is 0 Å². The Balaban J connectivity index is 1.64. The lowest BCUT2D eigenvalue weighted by Gasteiger charge is -2.10. The van der Waals surface area contributed by atoms with Gasteiger partial charge in [0.25, 0.3) is 0 Å². The summed E-state index contributed by atoms with van der Waals surface area (Å²) in [5.41, 5.74) is 3.31. The van der Waals surface area contributed by atoms with Crippen LogP contribution in [0.5, 0.6) is 0 Å². The molecule has 2 N–H and O–H groups in total. The Labute approximate surface area is 128 Å². The second-order valence-corrected chi connectivity index (χ2v) is 6.13. The van der Waals surface area contributed by atoms with E-state index in [9.17, 15) is 4.79 Å². The van der Waals surface area contributed by atoms with E-state index in [0.29, 0.717) is 6.61 Å². The molecule has 3 rings (SSSR count). The van der Waals surface area contributed by atoms with Crippen molar-refractivity contribution in [3.8, 4) is 0 Å². The zero-order valence-corrected chi connectivity index (χ0v) is 12.8. The van der Waals surface area contributed by atoms with E-state index in [-0.39, 0.29) is 6.03 Å². The van der Waals surface area contributed by atoms with E-state index in [1.54, 1.807) is 11.3 Å². The maximum absolute atomic E-state index is 12.0. The van der Waals surface area contributed by atoms with Crippen LogP contribution in [0.2, 0.25) is 0 Å². The molecule has 2 heterocycles. The van der Waals surface area contributed by atoms with Crippen LogP contribution >= 0.6 is 11.3 Å². The molecule has 0 spiro atoms. The van der Waals surface area contributed by atoms with Crippen LogP contribution in [0.3, 0.4) is 0 Å². The fourth-order valence-corrected chi connectivity index (χ4v) is 3.40. The average molecular weight is 302 g/mol. The number of hydrogen-bond donors (Lipinski definition) is 2. The Kier molecular flexibility index (Phi) is 4.22. The van der Waals surface area contributed by atoms with Crippen LogP contribution in [0.25, 0.3) is 0 Å². The van der Waals surface area contributed by atoms with E-state index in [1.807, 2.05) is 24.3 Å². The molecular formula is C16H18N2O2S. The number of ether oxygens (including phenoxy) is 1. The van der Waals surface area contributed by atoms with E-state index < -0.39 is 0 Å². The fraction of sp³-hybridized carbons (Fsp3) is 0.312. The van der Waals surface area contributed by atoms with Gasteiger partial charge in [-0.05, 0) is 42.2 Å². The van der Waals surface area contributed by atoms with Gasteiger partial charge in [0.1, 0.15) is 0 Å². The van der Waals surface area contributed by atoms with Crippen LogP contribution < -0.4 is 10.6 Å². The zero-order chi connectivity index (χ0) is 14.7. The largest absolute Gasteiger partial charge is 0.376 e. The molecular weight excluding hydrogens is 284 g/mol. The molecule has 0 unspecified atom stereocenters. The third-order valence-electron chi connectivity index (χ3n) is 3.48. The lowest BCUT2D eigenvalue weighted by atomic mass is 10.1. The molecule has 2 aromatic rings. The van der Waals surface area contributed by atoms with Gasteiger partial charge < -0.3 is 10.1 Å². The quantitative estimate of drug-likeness (QED) is 0.899. The van der Waals surface area contributed by atoms with Crippen molar-refractivity contribution < 1.29 is 9.53 Å². The first-order chi connectivity index (χ1) is 10.2. The minimum Gasteiger partial charge on any atom is -0.376 e. The Morgan fingerprint density at radius 1 is 1.33 bits per heavy atom. The molecule has 1 aliphatic heterocycles. The smallest absolute Gasteiger partial charge is 0.324 e. The molecule has 0 saturated carbocycles. The van der Waals surface area contributed by atoms with E-state index in [1.165, 1.54) is 16.0 Å². The lowest BCUT2D eigenvalue weighted by Crippen LogP contribution is -2.18. The maximum Gasteiger partial charge on any atom is 0.324 e. The number of thiophene rings is 1. The molecule has 0 atom stereocenters. The van der Waals surface area contributed by atoms with Crippen molar-refractivity contribution in [2.45, 2.75) is 26.4 Å². The summed E-state index contributed by atoms with van der Waals surface area (Å²) < 4.78 is 5.42. The Hall–Kier alpha value is -1.85. The highest BCUT2D eigenvalue weighted by Crippen LogP contribution is 2.30. The first kappa shape index (κ1) is 14.1. The van der Waals surface area contributed by atoms with Crippen LogP contribution in [0.1, 0.15) is 22.9 Å². The highest BCUT2D eigenvalue weighted by atomic mass is 32.1. The summed E-state index contributed by atoms with van der Waals surface area (Å²) in [7, 11) is 0. The van der Waals surface area contributed by atoms with Gasteiger partial charge >= 0.3 is 6.03 Å². The number of fused-ring (bicyclic) bond motifs is 1. The van der Waals surface area contributed by atoms with Crippen LogP contribution in [-0.4, -0.2) is 12.6 Å². The molecule has 2 amide bonds. The number of nitrogens with one attached hydrogen (secondary N) is 2. The van der Waals surface area contributed by atoms with E-state index in [0.717, 1.165) is 30.1 Å². The fourth-order valence-electron chi connectivity index (χ4n) is 2.35. The molecule has 0 bridgehead atoms. The van der Waals surface area contributed by atoms with Crippen molar-refractivity contribution >= 4 is 28.1 Å². The molecule has 1 aromatic heterocycles. The lowest BCUT2D eigenvalue weighted by molar-refractivity contribution is 0.113. The van der Waals surface area contributed by atoms with Gasteiger partial charge in [0.2, 0.25) is 0 Å². The summed E-state index contributed by atoms with van der Waals surface area (Å²) in [5, 5.41) is 6.64. The number of carbonyl (C=O) groups is 1. The highest BCUT2D eigenvalue weighted by Gasteiger charge is 2.14. The van der Waals surface area contributed by atoms with Gasteiger partial charge in [0.15, 0.2) is 0 Å². The van der Waals surface area contributed by atoms with E-state index >= 15 is 0 Å². The number of amides is 2. The standard InChI is InChI=1S/C16H18N2O2S/c1-2-11-4-3-5-13(8-11)17-16(19)18-15-9-12-6-7-20-10-14(12)21-15/h3-5,8-9H,2,6-7,10H2,1H3,(H2,17,18,19). The van der Waals surface area contributed by atoms with Crippen LogP contribution in [0.4, 0.5) is 15.5 Å². The SMILES string of the molecule is CCc1cccc(NC(=O)Nc2cc3c(s2)COCC3)c1. The van der Waals surface area contributed by atoms with E-state index in [2.05, 4.69) is 23.6 Å². The van der Waals surface area contributed by atoms with Crippen molar-refractivity contribution in [1.29, 1.82) is 0 Å². The van der Waals surface area contributed by atoms with Gasteiger partial charge in [-0.25, -0.2) is 4.79 Å². The minimum atomic E-state index is -0.206. The molecule has 0 fully saturated rings. The molecule has 0 saturated heterocycles. The number of anilines is 2. The average Bonchev–Trinajstić information content (AvgIpc) is 2.89. The van der Waals surface area contributed by atoms with Crippen molar-refractivity contribution in [2.75, 3.05) is 17.2 Å². The molecule has 110 valence electrons.